The number of benzene rings is 1. The molecule has 0 amide bonds. The summed E-state index contributed by atoms with van der Waals surface area (Å²) in [6, 6.07) is 4.01. The van der Waals surface area contributed by atoms with Crippen LogP contribution >= 0.6 is 27.7 Å². The van der Waals surface area contributed by atoms with Crippen LogP contribution in [0.1, 0.15) is 12.5 Å². The number of halogens is 3. The molecule has 0 saturated carbocycles. The molecule has 1 aromatic carbocycles. The van der Waals surface area contributed by atoms with Crippen molar-refractivity contribution in [1.29, 1.82) is 0 Å². The highest BCUT2D eigenvalue weighted by Gasteiger charge is 2.42. The molecule has 17 heavy (non-hydrogen) atoms. The van der Waals surface area contributed by atoms with E-state index < -0.39 is 11.9 Å². The van der Waals surface area contributed by atoms with E-state index in [0.717, 1.165) is 4.90 Å². The van der Waals surface area contributed by atoms with Crippen LogP contribution in [0.3, 0.4) is 0 Å². The Kier molecular flexibility index (Phi) is 4.94. The van der Waals surface area contributed by atoms with E-state index in [1.54, 1.807) is 0 Å². The monoisotopic (exact) mass is 324 g/mol. The fourth-order valence-corrected chi connectivity index (χ4v) is 2.52. The maximum atomic E-state index is 13.7. The van der Waals surface area contributed by atoms with Gasteiger partial charge in [-0.2, -0.15) is 8.78 Å². The van der Waals surface area contributed by atoms with Gasteiger partial charge in [0.2, 0.25) is 0 Å². The second-order valence-corrected chi connectivity index (χ2v) is 4.85. The number of esters is 1. The lowest BCUT2D eigenvalue weighted by Gasteiger charge is -2.15. The van der Waals surface area contributed by atoms with Crippen molar-refractivity contribution in [3.05, 3.63) is 28.2 Å². The van der Waals surface area contributed by atoms with Crippen LogP contribution in [0.15, 0.2) is 27.6 Å². The third-order valence-corrected chi connectivity index (χ3v) is 3.76. The van der Waals surface area contributed by atoms with E-state index >= 15 is 0 Å². The minimum absolute atomic E-state index is 0.0709. The zero-order chi connectivity index (χ0) is 13.1. The van der Waals surface area contributed by atoms with E-state index in [2.05, 4.69) is 20.7 Å². The number of ether oxygens (including phenoxy) is 1. The molecule has 0 saturated heterocycles. The molecule has 94 valence electrons. The van der Waals surface area contributed by atoms with E-state index in [0.29, 0.717) is 4.47 Å². The first kappa shape index (κ1) is 14.4. The molecular weight excluding hydrogens is 314 g/mol. The van der Waals surface area contributed by atoms with Gasteiger partial charge in [0.1, 0.15) is 0 Å². The standard InChI is InChI=1S/C11H11BrF2O2S/c1-3-16-10(15)11(13,14)7-4-5-9(17-2)8(12)6-7/h4-6H,3H2,1-2H3. The number of hydrogen-bond acceptors (Lipinski definition) is 3. The fraction of sp³-hybridized carbons (Fsp3) is 0.364. The maximum Gasteiger partial charge on any atom is 0.381 e. The Hall–Kier alpha value is -0.620. The van der Waals surface area contributed by atoms with Gasteiger partial charge in [0.15, 0.2) is 0 Å². The summed E-state index contributed by atoms with van der Waals surface area (Å²) in [6.45, 7) is 1.42. The van der Waals surface area contributed by atoms with E-state index in [1.807, 2.05) is 6.26 Å². The average molecular weight is 325 g/mol. The van der Waals surface area contributed by atoms with Gasteiger partial charge in [-0.1, -0.05) is 6.07 Å². The Morgan fingerprint density at radius 3 is 2.65 bits per heavy atom. The van der Waals surface area contributed by atoms with Crippen LogP contribution in [0.25, 0.3) is 0 Å². The molecule has 0 heterocycles. The van der Waals surface area contributed by atoms with Gasteiger partial charge >= 0.3 is 11.9 Å². The summed E-state index contributed by atoms with van der Waals surface area (Å²) in [5.41, 5.74) is -0.374. The van der Waals surface area contributed by atoms with E-state index in [4.69, 9.17) is 0 Å². The molecule has 1 aromatic rings. The first-order valence-electron chi connectivity index (χ1n) is 4.82. The number of carbonyl (C=O) groups is 1. The number of thioether (sulfide) groups is 1. The highest BCUT2D eigenvalue weighted by atomic mass is 79.9. The molecule has 1 rings (SSSR count). The Morgan fingerprint density at radius 2 is 2.18 bits per heavy atom. The van der Waals surface area contributed by atoms with Gasteiger partial charge in [0.05, 0.1) is 6.61 Å². The van der Waals surface area contributed by atoms with Crippen LogP contribution in [0.2, 0.25) is 0 Å². The third kappa shape index (κ3) is 3.19. The van der Waals surface area contributed by atoms with Gasteiger partial charge in [-0.15, -0.1) is 11.8 Å². The molecular formula is C11H11BrF2O2S. The zero-order valence-electron chi connectivity index (χ0n) is 9.30. The summed E-state index contributed by atoms with van der Waals surface area (Å²) in [5, 5.41) is 0. The average Bonchev–Trinajstić information content (AvgIpc) is 2.29. The highest BCUT2D eigenvalue weighted by Crippen LogP contribution is 2.34. The molecule has 0 atom stereocenters. The van der Waals surface area contributed by atoms with Crippen molar-refractivity contribution in [2.45, 2.75) is 17.7 Å². The topological polar surface area (TPSA) is 26.3 Å². The summed E-state index contributed by atoms with van der Waals surface area (Å²) in [7, 11) is 0. The normalized spacial score (nSPS) is 11.4. The first-order valence-corrected chi connectivity index (χ1v) is 6.84. The highest BCUT2D eigenvalue weighted by molar-refractivity contribution is 9.10. The van der Waals surface area contributed by atoms with E-state index in [1.165, 1.54) is 36.9 Å². The summed E-state index contributed by atoms with van der Waals surface area (Å²) in [5.74, 6) is -5.14. The third-order valence-electron chi connectivity index (χ3n) is 2.05. The van der Waals surface area contributed by atoms with Gasteiger partial charge < -0.3 is 4.74 Å². The van der Waals surface area contributed by atoms with Gasteiger partial charge in [0, 0.05) is 14.9 Å². The number of hydrogen-bond donors (Lipinski definition) is 0. The van der Waals surface area contributed by atoms with Gasteiger partial charge in [0.25, 0.3) is 0 Å². The molecule has 0 aromatic heterocycles. The molecule has 0 bridgehead atoms. The van der Waals surface area contributed by atoms with Crippen LogP contribution in [-0.2, 0) is 15.5 Å². The maximum absolute atomic E-state index is 13.7. The van der Waals surface area contributed by atoms with Gasteiger partial charge in [-0.3, -0.25) is 0 Å². The summed E-state index contributed by atoms with van der Waals surface area (Å²) in [4.78, 5) is 12.0. The number of alkyl halides is 2. The second-order valence-electron chi connectivity index (χ2n) is 3.14. The molecule has 0 unspecified atom stereocenters. The van der Waals surface area contributed by atoms with Gasteiger partial charge in [-0.05, 0) is 41.2 Å². The Bertz CT molecular complexity index is 424. The molecule has 0 aliphatic carbocycles. The van der Waals surface area contributed by atoms with E-state index in [9.17, 15) is 13.6 Å². The van der Waals surface area contributed by atoms with Crippen molar-refractivity contribution in [2.75, 3.05) is 12.9 Å². The molecule has 0 fully saturated rings. The lowest BCUT2D eigenvalue weighted by Crippen LogP contribution is -2.28. The van der Waals surface area contributed by atoms with Crippen LogP contribution in [0, 0.1) is 0 Å². The lowest BCUT2D eigenvalue weighted by molar-refractivity contribution is -0.173. The predicted molar refractivity (Wildman–Crippen MR) is 66.5 cm³/mol. The molecule has 0 aliphatic rings. The lowest BCUT2D eigenvalue weighted by atomic mass is 10.1. The molecule has 2 nitrogen and oxygen atoms in total. The fourth-order valence-electron chi connectivity index (χ4n) is 1.20. The Labute approximate surface area is 111 Å². The zero-order valence-corrected chi connectivity index (χ0v) is 11.7. The Balaban J connectivity index is 3.07. The van der Waals surface area contributed by atoms with Crippen molar-refractivity contribution in [1.82, 2.24) is 0 Å². The van der Waals surface area contributed by atoms with Crippen molar-refractivity contribution in [2.24, 2.45) is 0 Å². The van der Waals surface area contributed by atoms with Crippen LogP contribution in [-0.4, -0.2) is 18.8 Å². The van der Waals surface area contributed by atoms with Crippen molar-refractivity contribution >= 4 is 33.7 Å². The summed E-state index contributed by atoms with van der Waals surface area (Å²) < 4.78 is 32.2. The van der Waals surface area contributed by atoms with Crippen molar-refractivity contribution < 1.29 is 18.3 Å². The Morgan fingerprint density at radius 1 is 1.53 bits per heavy atom. The van der Waals surface area contributed by atoms with Crippen molar-refractivity contribution in [3.63, 3.8) is 0 Å². The minimum Gasteiger partial charge on any atom is -0.461 e. The number of rotatable bonds is 4. The smallest absolute Gasteiger partial charge is 0.381 e. The molecule has 6 heteroatoms. The largest absolute Gasteiger partial charge is 0.461 e. The summed E-state index contributed by atoms with van der Waals surface area (Å²) in [6.07, 6.45) is 1.84. The molecule has 0 N–H and O–H groups in total. The van der Waals surface area contributed by atoms with Crippen LogP contribution in [0.4, 0.5) is 8.78 Å². The molecule has 0 aliphatic heterocycles. The molecule has 0 spiro atoms. The quantitative estimate of drug-likeness (QED) is 0.622. The van der Waals surface area contributed by atoms with E-state index in [-0.39, 0.29) is 12.2 Å². The summed E-state index contributed by atoms with van der Waals surface area (Å²) >= 11 is 4.61. The van der Waals surface area contributed by atoms with Crippen LogP contribution in [0.5, 0.6) is 0 Å². The SMILES string of the molecule is CCOC(=O)C(F)(F)c1ccc(SC)c(Br)c1. The minimum atomic E-state index is -3.62. The molecule has 0 radical (unpaired) electrons. The second kappa shape index (κ2) is 5.82. The van der Waals surface area contributed by atoms with Crippen LogP contribution < -0.4 is 0 Å². The predicted octanol–water partition coefficient (Wildman–Crippen LogP) is 3.83. The van der Waals surface area contributed by atoms with Gasteiger partial charge in [-0.25, -0.2) is 4.79 Å². The number of carbonyl (C=O) groups excluding carboxylic acids is 1. The first-order chi connectivity index (χ1) is 7.93. The van der Waals surface area contributed by atoms with Crippen molar-refractivity contribution in [3.8, 4) is 0 Å².